The molecule has 10 N–H and O–H groups in total. The van der Waals surface area contributed by atoms with E-state index in [1.54, 1.807) is 0 Å². The number of hydrogen-bond donors (Lipinski definition) is 9. The fourth-order valence-electron chi connectivity index (χ4n) is 3.60. The summed E-state index contributed by atoms with van der Waals surface area (Å²) >= 11 is 0. The highest BCUT2D eigenvalue weighted by Gasteiger charge is 2.56. The number of nitrogen functional groups attached to an aromatic ring is 1. The minimum absolute atomic E-state index is 0.0630. The second-order valence-electron chi connectivity index (χ2n) is 7.39. The van der Waals surface area contributed by atoms with Gasteiger partial charge in [-0.1, -0.05) is 12.1 Å². The molecule has 0 aliphatic carbocycles. The quantitative estimate of drug-likeness (QED) is 0.202. The van der Waals surface area contributed by atoms with Crippen molar-refractivity contribution in [2.45, 2.75) is 60.9 Å². The van der Waals surface area contributed by atoms with E-state index in [0.29, 0.717) is 5.69 Å². The molecule has 2 aliphatic heterocycles. The van der Waals surface area contributed by atoms with Gasteiger partial charge in [0.2, 0.25) is 5.79 Å². The van der Waals surface area contributed by atoms with Crippen LogP contribution in [0.1, 0.15) is 5.56 Å². The first-order chi connectivity index (χ1) is 14.1. The second kappa shape index (κ2) is 8.98. The van der Waals surface area contributed by atoms with Crippen molar-refractivity contribution >= 4 is 5.69 Å². The Morgan fingerprint density at radius 2 is 1.47 bits per heavy atom. The van der Waals surface area contributed by atoms with Gasteiger partial charge >= 0.3 is 0 Å². The van der Waals surface area contributed by atoms with Gasteiger partial charge in [-0.05, 0) is 12.1 Å². The lowest BCUT2D eigenvalue weighted by molar-refractivity contribution is -0.389. The first kappa shape index (κ1) is 23.2. The number of benzene rings is 1. The average molecular weight is 433 g/mol. The Morgan fingerprint density at radius 1 is 0.867 bits per heavy atom. The molecule has 0 saturated carbocycles. The normalized spacial score (nSPS) is 44.7. The van der Waals surface area contributed by atoms with Crippen LogP contribution >= 0.6 is 0 Å². The second-order valence-corrected chi connectivity index (χ2v) is 7.39. The molecule has 12 nitrogen and oxygen atoms in total. The minimum Gasteiger partial charge on any atom is -0.399 e. The van der Waals surface area contributed by atoms with Gasteiger partial charge in [0, 0.05) is 11.3 Å². The number of anilines is 1. The molecule has 2 fully saturated rings. The van der Waals surface area contributed by atoms with Gasteiger partial charge in [0.1, 0.15) is 48.8 Å². The van der Waals surface area contributed by atoms with Crippen LogP contribution in [0.4, 0.5) is 5.69 Å². The van der Waals surface area contributed by atoms with Crippen LogP contribution in [0.2, 0.25) is 0 Å². The molecule has 0 bridgehead atoms. The molecule has 1 aromatic carbocycles. The summed E-state index contributed by atoms with van der Waals surface area (Å²) in [7, 11) is 0. The summed E-state index contributed by atoms with van der Waals surface area (Å²) in [6.45, 7) is -1.46. The third kappa shape index (κ3) is 4.04. The number of ether oxygens (including phenoxy) is 3. The van der Waals surface area contributed by atoms with E-state index in [4.69, 9.17) is 19.9 Å². The Bertz CT molecular complexity index is 702. The molecule has 0 unspecified atom stereocenters. The molecule has 0 spiro atoms. The van der Waals surface area contributed by atoms with Crippen molar-refractivity contribution in [1.29, 1.82) is 0 Å². The number of nitrogens with two attached hydrogens (primary N) is 1. The summed E-state index contributed by atoms with van der Waals surface area (Å²) in [5.41, 5.74) is 6.06. The monoisotopic (exact) mass is 433 g/mol. The van der Waals surface area contributed by atoms with Crippen LogP contribution < -0.4 is 5.73 Å². The molecule has 3 rings (SSSR count). The van der Waals surface area contributed by atoms with Crippen LogP contribution in [0.3, 0.4) is 0 Å². The van der Waals surface area contributed by atoms with Crippen LogP contribution in [0.5, 0.6) is 0 Å². The van der Waals surface area contributed by atoms with Crippen LogP contribution in [-0.4, -0.2) is 109 Å². The number of aliphatic hydroxyl groups excluding tert-OH is 7. The van der Waals surface area contributed by atoms with Crippen molar-refractivity contribution in [3.8, 4) is 0 Å². The maximum absolute atomic E-state index is 10.9. The third-order valence-corrected chi connectivity index (χ3v) is 5.40. The van der Waals surface area contributed by atoms with Gasteiger partial charge in [-0.2, -0.15) is 0 Å². The number of aliphatic hydroxyl groups is 8. The zero-order valence-corrected chi connectivity index (χ0v) is 15.8. The van der Waals surface area contributed by atoms with Gasteiger partial charge in [0.25, 0.3) is 0 Å². The van der Waals surface area contributed by atoms with Crippen LogP contribution in [-0.2, 0) is 20.0 Å². The molecule has 2 heterocycles. The zero-order chi connectivity index (χ0) is 22.2. The summed E-state index contributed by atoms with van der Waals surface area (Å²) in [5, 5.41) is 80.8. The Balaban J connectivity index is 1.82. The highest BCUT2D eigenvalue weighted by atomic mass is 16.7. The fourth-order valence-corrected chi connectivity index (χ4v) is 3.60. The van der Waals surface area contributed by atoms with Crippen LogP contribution in [0, 0.1) is 0 Å². The molecule has 170 valence electrons. The molecule has 30 heavy (non-hydrogen) atoms. The van der Waals surface area contributed by atoms with E-state index < -0.39 is 74.1 Å². The standard InChI is InChI=1S/C18H27NO11/c19-8-3-1-7(2-4-8)18(27)16(26)14(25)15(10(6-21)30-18)29-17-13(24)12(23)11(22)9(5-20)28-17/h1-4,9-17,20-27H,5-6,19H2/t9-,10-,11+,12+,13-,14+,15-,16-,17+,18-/m1/s1. The Kier molecular flexibility index (Phi) is 6.96. The first-order valence-electron chi connectivity index (χ1n) is 9.33. The lowest BCUT2D eigenvalue weighted by atomic mass is 9.88. The predicted molar refractivity (Wildman–Crippen MR) is 97.4 cm³/mol. The molecule has 10 atom stereocenters. The van der Waals surface area contributed by atoms with Crippen molar-refractivity contribution in [1.82, 2.24) is 0 Å². The van der Waals surface area contributed by atoms with E-state index in [1.807, 2.05) is 0 Å². The lowest BCUT2D eigenvalue weighted by Gasteiger charge is -2.49. The summed E-state index contributed by atoms with van der Waals surface area (Å²) in [6, 6.07) is 5.64. The molecule has 2 aliphatic rings. The Labute approximate surface area is 171 Å². The van der Waals surface area contributed by atoms with Crippen LogP contribution in [0.15, 0.2) is 24.3 Å². The Morgan fingerprint density at radius 3 is 2.03 bits per heavy atom. The van der Waals surface area contributed by atoms with Crippen molar-refractivity contribution in [2.24, 2.45) is 0 Å². The molecule has 0 amide bonds. The summed E-state index contributed by atoms with van der Waals surface area (Å²) in [4.78, 5) is 0. The molecule has 2 saturated heterocycles. The van der Waals surface area contributed by atoms with Crippen molar-refractivity contribution < 1.29 is 55.1 Å². The van der Waals surface area contributed by atoms with Crippen molar-refractivity contribution in [3.63, 3.8) is 0 Å². The van der Waals surface area contributed by atoms with Crippen LogP contribution in [0.25, 0.3) is 0 Å². The number of hydrogen-bond acceptors (Lipinski definition) is 12. The molecular weight excluding hydrogens is 406 g/mol. The highest BCUT2D eigenvalue weighted by Crippen LogP contribution is 2.38. The molecule has 0 aromatic heterocycles. The van der Waals surface area contributed by atoms with E-state index in [1.165, 1.54) is 24.3 Å². The van der Waals surface area contributed by atoms with Gasteiger partial charge < -0.3 is 60.8 Å². The van der Waals surface area contributed by atoms with E-state index in [0.717, 1.165) is 0 Å². The zero-order valence-electron chi connectivity index (χ0n) is 15.8. The lowest BCUT2D eigenvalue weighted by Crippen LogP contribution is -2.67. The van der Waals surface area contributed by atoms with Gasteiger partial charge in [0.15, 0.2) is 6.29 Å². The van der Waals surface area contributed by atoms with E-state index >= 15 is 0 Å². The number of rotatable bonds is 5. The summed E-state index contributed by atoms with van der Waals surface area (Å²) in [6.07, 6.45) is -14.7. The first-order valence-corrected chi connectivity index (χ1v) is 9.33. The van der Waals surface area contributed by atoms with E-state index in [9.17, 15) is 40.9 Å². The predicted octanol–water partition coefficient (Wildman–Crippen LogP) is -4.29. The average Bonchev–Trinajstić information content (AvgIpc) is 2.74. The van der Waals surface area contributed by atoms with E-state index in [2.05, 4.69) is 0 Å². The topological polar surface area (TPSA) is 216 Å². The SMILES string of the molecule is Nc1ccc([C@@]2(O)O[C@H](CO)[C@@H](O[C@@H]3O[C@H](CO)[C@H](O)[C@H](O)[C@H]3O)[C@H](O)[C@H]2O)cc1. The summed E-state index contributed by atoms with van der Waals surface area (Å²) in [5.74, 6) is -2.41. The summed E-state index contributed by atoms with van der Waals surface area (Å²) < 4.78 is 16.1. The van der Waals surface area contributed by atoms with Gasteiger partial charge in [0.05, 0.1) is 13.2 Å². The van der Waals surface area contributed by atoms with Crippen molar-refractivity contribution in [3.05, 3.63) is 29.8 Å². The Hall–Kier alpha value is -1.42. The molecular formula is C18H27NO11. The largest absolute Gasteiger partial charge is 0.399 e. The van der Waals surface area contributed by atoms with Crippen molar-refractivity contribution in [2.75, 3.05) is 18.9 Å². The smallest absolute Gasteiger partial charge is 0.222 e. The maximum Gasteiger partial charge on any atom is 0.222 e. The highest BCUT2D eigenvalue weighted by molar-refractivity contribution is 5.41. The maximum atomic E-state index is 10.9. The van der Waals surface area contributed by atoms with E-state index in [-0.39, 0.29) is 5.56 Å². The third-order valence-electron chi connectivity index (χ3n) is 5.40. The molecule has 0 radical (unpaired) electrons. The molecule has 12 heteroatoms. The van der Waals surface area contributed by atoms with Gasteiger partial charge in [-0.3, -0.25) is 0 Å². The van der Waals surface area contributed by atoms with Gasteiger partial charge in [-0.25, -0.2) is 0 Å². The minimum atomic E-state index is -2.41. The molecule has 1 aromatic rings. The fraction of sp³-hybridized carbons (Fsp3) is 0.667. The van der Waals surface area contributed by atoms with Gasteiger partial charge in [-0.15, -0.1) is 0 Å².